The topological polar surface area (TPSA) is 85.9 Å². The summed E-state index contributed by atoms with van der Waals surface area (Å²) in [7, 11) is 4.10. The number of hydrogen-bond acceptors (Lipinski definition) is 8. The number of fused-ring (bicyclic) bond motifs is 3. The number of carbonyl (C=O) groups excluding carboxylic acids is 1. The Kier molecular flexibility index (Phi) is 7.70. The summed E-state index contributed by atoms with van der Waals surface area (Å²) in [6, 6.07) is 5.00. The van der Waals surface area contributed by atoms with Crippen LogP contribution in [0.25, 0.3) is 5.70 Å². The Hall–Kier alpha value is -3.33. The van der Waals surface area contributed by atoms with Gasteiger partial charge in [-0.2, -0.15) is 4.98 Å². The van der Waals surface area contributed by atoms with Crippen molar-refractivity contribution < 1.29 is 9.53 Å². The molecule has 230 valence electrons. The van der Waals surface area contributed by atoms with Gasteiger partial charge in [0.2, 0.25) is 11.9 Å². The van der Waals surface area contributed by atoms with E-state index < -0.39 is 0 Å². The molecule has 1 amide bonds. The summed E-state index contributed by atoms with van der Waals surface area (Å²) in [6.45, 7) is 7.35. The smallest absolute Gasteiger partial charge is 0.249 e. The van der Waals surface area contributed by atoms with E-state index in [1.165, 1.54) is 62.0 Å². The van der Waals surface area contributed by atoms with E-state index in [1.54, 1.807) is 11.1 Å². The number of hydrogen-bond donors (Lipinski definition) is 2. The van der Waals surface area contributed by atoms with E-state index in [9.17, 15) is 4.79 Å². The molecule has 1 aromatic carbocycles. The third-order valence-electron chi connectivity index (χ3n) is 10.7. The van der Waals surface area contributed by atoms with Crippen LogP contribution >= 0.6 is 0 Å². The molecule has 0 bridgehead atoms. The number of rotatable bonds is 7. The molecule has 9 nitrogen and oxygen atoms in total. The highest BCUT2D eigenvalue weighted by atomic mass is 16.5. The van der Waals surface area contributed by atoms with E-state index in [-0.39, 0.29) is 11.9 Å². The predicted molar refractivity (Wildman–Crippen MR) is 172 cm³/mol. The second-order valence-electron chi connectivity index (χ2n) is 13.3. The monoisotopic (exact) mass is 585 g/mol. The van der Waals surface area contributed by atoms with Gasteiger partial charge in [-0.1, -0.05) is 31.9 Å². The molecule has 1 saturated heterocycles. The summed E-state index contributed by atoms with van der Waals surface area (Å²) in [5.74, 6) is 4.07. The van der Waals surface area contributed by atoms with Crippen molar-refractivity contribution in [2.45, 2.75) is 89.8 Å². The number of aromatic nitrogens is 2. The Morgan fingerprint density at radius 2 is 1.95 bits per heavy atom. The zero-order valence-electron chi connectivity index (χ0n) is 26.2. The Bertz CT molecular complexity index is 1400. The first-order valence-electron chi connectivity index (χ1n) is 16.6. The van der Waals surface area contributed by atoms with E-state index in [4.69, 9.17) is 9.72 Å². The fraction of sp³-hybridized carbons (Fsp3) is 0.618. The predicted octanol–water partition coefficient (Wildman–Crippen LogP) is 5.34. The second kappa shape index (κ2) is 11.6. The standard InChI is InChI=1S/C34H47N7O2/c1-5-27(36-23-17-21-13-15-39(3)20-22(21)18-23)25-11-12-28(31-26(25)14-16-43-31)37-34-35-19-30-32(38-34)41(24-9-7-8-10-24)29(6-2)33(42)40(30)4/h5,11-12,19,21-24,29,36H,6-10,13-18,20H2,1-4H3,(H,35,37,38)/t21-,22-,23-,29-/m1/s1. The van der Waals surface area contributed by atoms with Gasteiger partial charge >= 0.3 is 0 Å². The fourth-order valence-corrected chi connectivity index (χ4v) is 8.53. The van der Waals surface area contributed by atoms with Crippen molar-refractivity contribution in [3.05, 3.63) is 35.5 Å². The van der Waals surface area contributed by atoms with Crippen LogP contribution in [-0.2, 0) is 11.2 Å². The number of likely N-dealkylation sites (N-methyl/N-ethyl adjacent to an activating group) is 1. The first-order valence-corrected chi connectivity index (χ1v) is 16.6. The molecule has 43 heavy (non-hydrogen) atoms. The first-order chi connectivity index (χ1) is 20.9. The lowest BCUT2D eigenvalue weighted by molar-refractivity contribution is -0.120. The summed E-state index contributed by atoms with van der Waals surface area (Å²) < 4.78 is 6.23. The van der Waals surface area contributed by atoms with Crippen molar-refractivity contribution in [2.24, 2.45) is 11.8 Å². The van der Waals surface area contributed by atoms with Gasteiger partial charge in [-0.3, -0.25) is 4.79 Å². The number of benzene rings is 1. The number of piperidine rings is 1. The van der Waals surface area contributed by atoms with Crippen LogP contribution in [0.1, 0.15) is 76.3 Å². The van der Waals surface area contributed by atoms with Gasteiger partial charge in [-0.15, -0.1) is 0 Å². The van der Waals surface area contributed by atoms with E-state index >= 15 is 0 Å². The molecule has 1 aromatic heterocycles. The van der Waals surface area contributed by atoms with Crippen molar-refractivity contribution >= 4 is 34.7 Å². The van der Waals surface area contributed by atoms with E-state index in [0.29, 0.717) is 24.6 Å². The highest BCUT2D eigenvalue weighted by Gasteiger charge is 2.41. The van der Waals surface area contributed by atoms with Gasteiger partial charge in [-0.25, -0.2) is 4.98 Å². The molecule has 7 rings (SSSR count). The molecule has 0 radical (unpaired) electrons. The molecule has 5 aliphatic rings. The third-order valence-corrected chi connectivity index (χ3v) is 10.7. The van der Waals surface area contributed by atoms with Crippen LogP contribution in [0, 0.1) is 11.8 Å². The van der Waals surface area contributed by atoms with Crippen LogP contribution in [0.2, 0.25) is 0 Å². The zero-order valence-corrected chi connectivity index (χ0v) is 26.2. The average Bonchev–Trinajstić information content (AvgIpc) is 3.79. The van der Waals surface area contributed by atoms with Crippen molar-refractivity contribution in [1.29, 1.82) is 0 Å². The maximum atomic E-state index is 13.3. The zero-order chi connectivity index (χ0) is 29.7. The van der Waals surface area contributed by atoms with Crippen LogP contribution in [0.4, 0.5) is 23.1 Å². The number of allylic oxidation sites excluding steroid dienone is 1. The number of likely N-dealkylation sites (tertiary alicyclic amines) is 1. The number of anilines is 4. The van der Waals surface area contributed by atoms with Crippen molar-refractivity contribution in [1.82, 2.24) is 20.2 Å². The number of nitrogens with one attached hydrogen (secondary N) is 2. The van der Waals surface area contributed by atoms with Crippen LogP contribution in [0.5, 0.6) is 5.75 Å². The van der Waals surface area contributed by atoms with Gasteiger partial charge < -0.3 is 30.1 Å². The second-order valence-corrected chi connectivity index (χ2v) is 13.3. The van der Waals surface area contributed by atoms with E-state index in [0.717, 1.165) is 60.5 Å². The average molecular weight is 586 g/mol. The Morgan fingerprint density at radius 1 is 1.14 bits per heavy atom. The Labute approximate surface area is 256 Å². The molecular weight excluding hydrogens is 538 g/mol. The third kappa shape index (κ3) is 5.13. The molecule has 0 unspecified atom stereocenters. The van der Waals surface area contributed by atoms with Gasteiger partial charge in [0, 0.05) is 48.9 Å². The van der Waals surface area contributed by atoms with Gasteiger partial charge in [0.25, 0.3) is 0 Å². The van der Waals surface area contributed by atoms with Gasteiger partial charge in [0.05, 0.1) is 18.5 Å². The lowest BCUT2D eigenvalue weighted by Gasteiger charge is -2.43. The Morgan fingerprint density at radius 3 is 2.74 bits per heavy atom. The number of carbonyl (C=O) groups is 1. The van der Waals surface area contributed by atoms with Crippen molar-refractivity contribution in [3.63, 3.8) is 0 Å². The molecule has 4 heterocycles. The minimum atomic E-state index is -0.188. The molecule has 9 heteroatoms. The normalized spacial score (nSPS) is 27.6. The largest absolute Gasteiger partial charge is 0.491 e. The summed E-state index contributed by atoms with van der Waals surface area (Å²) in [4.78, 5) is 29.5. The highest BCUT2D eigenvalue weighted by Crippen LogP contribution is 2.43. The first kappa shape index (κ1) is 28.4. The lowest BCUT2D eigenvalue weighted by Crippen LogP contribution is -2.55. The molecule has 2 aliphatic carbocycles. The molecule has 2 saturated carbocycles. The molecule has 2 N–H and O–H groups in total. The molecule has 3 aliphatic heterocycles. The fourth-order valence-electron chi connectivity index (χ4n) is 8.53. The SMILES string of the molecule is CC=C(N[C@@H]1C[C@H]2CCN(C)C[C@H]2C1)c1ccc(Nc2ncc3c(n2)N(C2CCCC2)[C@H](CC)C(=O)N3C)c2c1CCO2. The molecule has 2 aromatic rings. The minimum absolute atomic E-state index is 0.130. The summed E-state index contributed by atoms with van der Waals surface area (Å²) in [5.41, 5.74) is 5.35. The molecular formula is C34H47N7O2. The van der Waals surface area contributed by atoms with Gasteiger partial charge in [0.15, 0.2) is 5.82 Å². The lowest BCUT2D eigenvalue weighted by atomic mass is 9.89. The number of ether oxygens (including phenoxy) is 1. The minimum Gasteiger partial charge on any atom is -0.491 e. The molecule has 0 spiro atoms. The van der Waals surface area contributed by atoms with Crippen LogP contribution in [0.3, 0.4) is 0 Å². The number of nitrogens with zero attached hydrogens (tertiary/aromatic N) is 5. The van der Waals surface area contributed by atoms with Crippen LogP contribution in [-0.4, -0.2) is 72.7 Å². The summed E-state index contributed by atoms with van der Waals surface area (Å²) in [6.07, 6.45) is 14.1. The molecule has 4 atom stereocenters. The van der Waals surface area contributed by atoms with Gasteiger partial charge in [0.1, 0.15) is 17.5 Å². The van der Waals surface area contributed by atoms with Crippen molar-refractivity contribution in [2.75, 3.05) is 48.9 Å². The summed E-state index contributed by atoms with van der Waals surface area (Å²) >= 11 is 0. The number of amides is 1. The maximum absolute atomic E-state index is 13.3. The molecule has 3 fully saturated rings. The quantitative estimate of drug-likeness (QED) is 0.451. The van der Waals surface area contributed by atoms with E-state index in [1.807, 2.05) is 7.05 Å². The van der Waals surface area contributed by atoms with Gasteiger partial charge in [-0.05, 0) is 76.9 Å². The van der Waals surface area contributed by atoms with Crippen molar-refractivity contribution in [3.8, 4) is 5.75 Å². The van der Waals surface area contributed by atoms with Crippen LogP contribution in [0.15, 0.2) is 24.4 Å². The van der Waals surface area contributed by atoms with Crippen LogP contribution < -0.4 is 25.2 Å². The Balaban J connectivity index is 1.14. The van der Waals surface area contributed by atoms with E-state index in [2.05, 4.69) is 64.5 Å². The maximum Gasteiger partial charge on any atom is 0.249 e. The summed E-state index contributed by atoms with van der Waals surface area (Å²) in [5, 5.41) is 7.44. The highest BCUT2D eigenvalue weighted by molar-refractivity contribution is 6.04.